The Kier molecular flexibility index (Phi) is 3.35. The predicted octanol–water partition coefficient (Wildman–Crippen LogP) is 2.95. The van der Waals surface area contributed by atoms with Gasteiger partial charge in [0.15, 0.2) is 0 Å². The zero-order valence-corrected chi connectivity index (χ0v) is 9.35. The molecule has 0 aliphatic rings. The Labute approximate surface area is 85.7 Å². The van der Waals surface area contributed by atoms with E-state index in [9.17, 15) is 0 Å². The van der Waals surface area contributed by atoms with Crippen LogP contribution in [0.3, 0.4) is 0 Å². The Morgan fingerprint density at radius 1 is 1.67 bits per heavy atom. The molecule has 2 nitrogen and oxygen atoms in total. The molecule has 0 saturated heterocycles. The summed E-state index contributed by atoms with van der Waals surface area (Å²) in [6.07, 6.45) is 1.65. The van der Waals surface area contributed by atoms with Crippen molar-refractivity contribution in [2.75, 3.05) is 18.5 Å². The number of nitrogens with zero attached hydrogens (tertiary/aromatic N) is 2. The summed E-state index contributed by atoms with van der Waals surface area (Å²) in [5, 5.41) is 0.648. The van der Waals surface area contributed by atoms with E-state index in [0.717, 1.165) is 16.8 Å². The number of aromatic nitrogens is 1. The van der Waals surface area contributed by atoms with Gasteiger partial charge in [0.2, 0.25) is 0 Å². The Morgan fingerprint density at radius 3 is 2.83 bits per heavy atom. The molecule has 4 heteroatoms. The maximum Gasteiger partial charge on any atom is 0.142 e. The molecule has 0 N–H and O–H groups in total. The third-order valence-corrected chi connectivity index (χ3v) is 2.41. The van der Waals surface area contributed by atoms with E-state index in [1.807, 2.05) is 18.0 Å². The van der Waals surface area contributed by atoms with E-state index in [1.165, 1.54) is 0 Å². The van der Waals surface area contributed by atoms with Crippen molar-refractivity contribution in [1.82, 2.24) is 4.98 Å². The zero-order chi connectivity index (χ0) is 9.14. The highest BCUT2D eigenvalue weighted by molar-refractivity contribution is 9.10. The minimum atomic E-state index is 0.648. The summed E-state index contributed by atoms with van der Waals surface area (Å²) in [6.45, 7) is 3.00. The Morgan fingerprint density at radius 2 is 2.33 bits per heavy atom. The molecule has 1 aromatic rings. The van der Waals surface area contributed by atoms with E-state index in [0.29, 0.717) is 5.02 Å². The smallest absolute Gasteiger partial charge is 0.142 e. The normalized spacial score (nSPS) is 10.0. The summed E-state index contributed by atoms with van der Waals surface area (Å²) < 4.78 is 0.930. The molecule has 0 radical (unpaired) electrons. The molecule has 66 valence electrons. The monoisotopic (exact) mass is 248 g/mol. The second-order valence-electron chi connectivity index (χ2n) is 2.47. The lowest BCUT2D eigenvalue weighted by atomic mass is 10.4. The second kappa shape index (κ2) is 4.10. The van der Waals surface area contributed by atoms with Gasteiger partial charge in [0.25, 0.3) is 0 Å². The number of hydrogen-bond acceptors (Lipinski definition) is 2. The van der Waals surface area contributed by atoms with Gasteiger partial charge in [-0.1, -0.05) is 11.6 Å². The van der Waals surface area contributed by atoms with E-state index in [-0.39, 0.29) is 0 Å². The van der Waals surface area contributed by atoms with Gasteiger partial charge in [0.05, 0.1) is 9.50 Å². The van der Waals surface area contributed by atoms with Crippen LogP contribution in [0.15, 0.2) is 16.7 Å². The van der Waals surface area contributed by atoms with Gasteiger partial charge in [-0.3, -0.25) is 0 Å². The van der Waals surface area contributed by atoms with E-state index >= 15 is 0 Å². The fourth-order valence-electron chi connectivity index (χ4n) is 0.838. The Balaban J connectivity index is 3.01. The van der Waals surface area contributed by atoms with Crippen LogP contribution < -0.4 is 4.90 Å². The van der Waals surface area contributed by atoms with E-state index < -0.39 is 0 Å². The Bertz CT molecular complexity index is 278. The lowest BCUT2D eigenvalue weighted by molar-refractivity contribution is 0.934. The summed E-state index contributed by atoms with van der Waals surface area (Å²) in [5.41, 5.74) is 0. The molecule has 0 aromatic carbocycles. The highest BCUT2D eigenvalue weighted by atomic mass is 79.9. The molecule has 0 spiro atoms. The van der Waals surface area contributed by atoms with Gasteiger partial charge < -0.3 is 4.90 Å². The minimum absolute atomic E-state index is 0.648. The maximum atomic E-state index is 5.75. The molecule has 0 saturated carbocycles. The van der Waals surface area contributed by atoms with E-state index in [1.54, 1.807) is 6.20 Å². The van der Waals surface area contributed by atoms with Crippen LogP contribution in [0.5, 0.6) is 0 Å². The fraction of sp³-hybridized carbons (Fsp3) is 0.375. The van der Waals surface area contributed by atoms with Crippen molar-refractivity contribution in [3.8, 4) is 0 Å². The Hall–Kier alpha value is -0.280. The topological polar surface area (TPSA) is 16.1 Å². The number of hydrogen-bond donors (Lipinski definition) is 0. The molecule has 1 aromatic heterocycles. The standard InChI is InChI=1S/C8H10BrClN2/c1-3-12(2)8-7(9)4-6(10)5-11-8/h4-5H,3H2,1-2H3. The first-order valence-corrected chi connectivity index (χ1v) is 4.84. The molecule has 0 unspecified atom stereocenters. The summed E-state index contributed by atoms with van der Waals surface area (Å²) in [5.74, 6) is 0.918. The molecule has 0 bridgehead atoms. The highest BCUT2D eigenvalue weighted by Gasteiger charge is 2.05. The van der Waals surface area contributed by atoms with Crippen LogP contribution in [-0.2, 0) is 0 Å². The molecular formula is C8H10BrClN2. The van der Waals surface area contributed by atoms with Crippen LogP contribution in [0.4, 0.5) is 5.82 Å². The quantitative estimate of drug-likeness (QED) is 0.801. The first-order chi connectivity index (χ1) is 5.65. The van der Waals surface area contributed by atoms with Crippen molar-refractivity contribution < 1.29 is 0 Å². The van der Waals surface area contributed by atoms with Gasteiger partial charge >= 0.3 is 0 Å². The summed E-state index contributed by atoms with van der Waals surface area (Å²) in [6, 6.07) is 1.84. The van der Waals surface area contributed by atoms with Gasteiger partial charge in [-0.05, 0) is 28.9 Å². The average Bonchev–Trinajstić information content (AvgIpc) is 2.03. The van der Waals surface area contributed by atoms with Gasteiger partial charge in [0.1, 0.15) is 5.82 Å². The van der Waals surface area contributed by atoms with Crippen molar-refractivity contribution in [2.45, 2.75) is 6.92 Å². The molecule has 0 fully saturated rings. The molecule has 1 heterocycles. The highest BCUT2D eigenvalue weighted by Crippen LogP contribution is 2.25. The van der Waals surface area contributed by atoms with E-state index in [4.69, 9.17) is 11.6 Å². The van der Waals surface area contributed by atoms with Gasteiger partial charge in [-0.25, -0.2) is 4.98 Å². The van der Waals surface area contributed by atoms with Crippen molar-refractivity contribution in [3.05, 3.63) is 21.8 Å². The van der Waals surface area contributed by atoms with Gasteiger partial charge in [-0.2, -0.15) is 0 Å². The minimum Gasteiger partial charge on any atom is -0.359 e. The van der Waals surface area contributed by atoms with Crippen LogP contribution in [0.2, 0.25) is 5.02 Å². The van der Waals surface area contributed by atoms with Crippen molar-refractivity contribution in [1.29, 1.82) is 0 Å². The molecule has 0 atom stereocenters. The third-order valence-electron chi connectivity index (χ3n) is 1.62. The fourth-order valence-corrected chi connectivity index (χ4v) is 1.78. The number of rotatable bonds is 2. The SMILES string of the molecule is CCN(C)c1ncc(Cl)cc1Br. The van der Waals surface area contributed by atoms with Crippen LogP contribution >= 0.6 is 27.5 Å². The number of pyridine rings is 1. The molecule has 0 amide bonds. The van der Waals surface area contributed by atoms with Gasteiger partial charge in [-0.15, -0.1) is 0 Å². The first-order valence-electron chi connectivity index (χ1n) is 3.67. The second-order valence-corrected chi connectivity index (χ2v) is 3.76. The predicted molar refractivity (Wildman–Crippen MR) is 55.9 cm³/mol. The third kappa shape index (κ3) is 2.11. The summed E-state index contributed by atoms with van der Waals surface area (Å²) >= 11 is 9.15. The molecule has 0 aliphatic heterocycles. The summed E-state index contributed by atoms with van der Waals surface area (Å²) in [7, 11) is 1.99. The first kappa shape index (κ1) is 9.81. The summed E-state index contributed by atoms with van der Waals surface area (Å²) in [4.78, 5) is 6.24. The molecular weight excluding hydrogens is 239 g/mol. The lowest BCUT2D eigenvalue weighted by Gasteiger charge is -2.16. The van der Waals surface area contributed by atoms with Crippen molar-refractivity contribution in [2.24, 2.45) is 0 Å². The molecule has 0 aliphatic carbocycles. The lowest BCUT2D eigenvalue weighted by Crippen LogP contribution is -2.17. The van der Waals surface area contributed by atoms with Crippen molar-refractivity contribution in [3.63, 3.8) is 0 Å². The zero-order valence-electron chi connectivity index (χ0n) is 7.01. The number of anilines is 1. The van der Waals surface area contributed by atoms with Crippen LogP contribution in [0.1, 0.15) is 6.92 Å². The average molecular weight is 250 g/mol. The van der Waals surface area contributed by atoms with Gasteiger partial charge in [0, 0.05) is 19.8 Å². The van der Waals surface area contributed by atoms with Crippen LogP contribution in [0, 0.1) is 0 Å². The van der Waals surface area contributed by atoms with Crippen LogP contribution in [0.25, 0.3) is 0 Å². The molecule has 12 heavy (non-hydrogen) atoms. The largest absolute Gasteiger partial charge is 0.359 e. The van der Waals surface area contributed by atoms with Crippen LogP contribution in [-0.4, -0.2) is 18.6 Å². The van der Waals surface area contributed by atoms with E-state index in [2.05, 4.69) is 27.8 Å². The number of halogens is 2. The maximum absolute atomic E-state index is 5.75. The van der Waals surface area contributed by atoms with Crippen molar-refractivity contribution >= 4 is 33.3 Å². The molecule has 1 rings (SSSR count).